The highest BCUT2D eigenvalue weighted by atomic mass is 35.5. The summed E-state index contributed by atoms with van der Waals surface area (Å²) in [5.41, 5.74) is 3.03. The number of halogens is 2. The molecule has 0 aromatic carbocycles. The minimum Gasteiger partial charge on any atom is -0.387 e. The summed E-state index contributed by atoms with van der Waals surface area (Å²) in [5, 5.41) is 10.4. The van der Waals surface area contributed by atoms with Gasteiger partial charge in [-0.25, -0.2) is 9.18 Å². The fourth-order valence-corrected chi connectivity index (χ4v) is 5.05. The standard InChI is InChI=1S/C15H24ClFN3O6P/c1-3-24-27(23,25-4-2)8-6-15(9-16)12(21)11(17)13(26-15)20-7-5-10(18)19-14(20)22/h5,7,11-13,21H,3-4,6,8-9H2,1-2H3,(H2,18,19,22)/t11-,12+,13-,15+/m1/s1. The molecule has 2 heterocycles. The molecule has 27 heavy (non-hydrogen) atoms. The maximum atomic E-state index is 14.8. The fourth-order valence-electron chi connectivity index (χ4n) is 2.92. The number of nitrogens with zero attached hydrogens (tertiary/aromatic N) is 2. The molecule has 1 aromatic heterocycles. The Bertz CT molecular complexity index is 743. The van der Waals surface area contributed by atoms with E-state index in [1.54, 1.807) is 13.8 Å². The van der Waals surface area contributed by atoms with Gasteiger partial charge in [0.1, 0.15) is 17.5 Å². The lowest BCUT2D eigenvalue weighted by Gasteiger charge is -2.31. The van der Waals surface area contributed by atoms with Crippen molar-refractivity contribution in [3.05, 3.63) is 22.7 Å². The normalized spacial score (nSPS) is 28.6. The van der Waals surface area contributed by atoms with Crippen LogP contribution in [0.15, 0.2) is 17.1 Å². The van der Waals surface area contributed by atoms with Gasteiger partial charge >= 0.3 is 13.3 Å². The van der Waals surface area contributed by atoms with E-state index in [2.05, 4.69) is 4.98 Å². The summed E-state index contributed by atoms with van der Waals surface area (Å²) in [7, 11) is -3.45. The minimum atomic E-state index is -3.45. The number of aromatic nitrogens is 2. The number of hydrogen-bond donors (Lipinski definition) is 2. The molecule has 0 radical (unpaired) electrons. The van der Waals surface area contributed by atoms with Crippen LogP contribution in [-0.2, 0) is 18.3 Å². The molecule has 9 nitrogen and oxygen atoms in total. The molecule has 1 aromatic rings. The molecule has 12 heteroatoms. The molecule has 2 rings (SSSR count). The van der Waals surface area contributed by atoms with Crippen LogP contribution in [0, 0.1) is 0 Å². The van der Waals surface area contributed by atoms with Crippen LogP contribution in [0.25, 0.3) is 0 Å². The summed E-state index contributed by atoms with van der Waals surface area (Å²) < 4.78 is 44.4. The highest BCUT2D eigenvalue weighted by molar-refractivity contribution is 7.53. The van der Waals surface area contributed by atoms with Gasteiger partial charge in [-0.05, 0) is 26.3 Å². The number of ether oxygens (including phenoxy) is 1. The van der Waals surface area contributed by atoms with Gasteiger partial charge < -0.3 is 24.6 Å². The van der Waals surface area contributed by atoms with Gasteiger partial charge in [-0.1, -0.05) is 0 Å². The second kappa shape index (κ2) is 8.98. The van der Waals surface area contributed by atoms with E-state index in [1.807, 2.05) is 0 Å². The zero-order valence-corrected chi connectivity index (χ0v) is 16.7. The number of anilines is 1. The van der Waals surface area contributed by atoms with Crippen molar-refractivity contribution >= 4 is 25.0 Å². The van der Waals surface area contributed by atoms with E-state index in [0.717, 1.165) is 4.57 Å². The number of hydrogen-bond acceptors (Lipinski definition) is 8. The summed E-state index contributed by atoms with van der Waals surface area (Å²) in [6.45, 7) is 3.65. The summed E-state index contributed by atoms with van der Waals surface area (Å²) >= 11 is 5.98. The van der Waals surface area contributed by atoms with Crippen molar-refractivity contribution < 1.29 is 27.8 Å². The smallest absolute Gasteiger partial charge is 0.351 e. The van der Waals surface area contributed by atoms with Crippen molar-refractivity contribution in [2.75, 3.05) is 31.0 Å². The zero-order chi connectivity index (χ0) is 20.2. The Balaban J connectivity index is 2.26. The number of alkyl halides is 2. The van der Waals surface area contributed by atoms with Gasteiger partial charge in [0.25, 0.3) is 0 Å². The molecule has 0 spiro atoms. The highest BCUT2D eigenvalue weighted by Crippen LogP contribution is 2.52. The second-order valence-corrected chi connectivity index (χ2v) is 8.51. The Morgan fingerprint density at radius 3 is 2.63 bits per heavy atom. The van der Waals surface area contributed by atoms with Crippen LogP contribution in [-0.4, -0.2) is 57.8 Å². The first-order valence-corrected chi connectivity index (χ1v) is 10.8. The average Bonchev–Trinajstić information content (AvgIpc) is 2.86. The van der Waals surface area contributed by atoms with Gasteiger partial charge in [-0.3, -0.25) is 9.13 Å². The molecule has 0 unspecified atom stereocenters. The monoisotopic (exact) mass is 427 g/mol. The summed E-state index contributed by atoms with van der Waals surface area (Å²) in [6, 6.07) is 1.31. The number of aliphatic hydroxyl groups is 1. The van der Waals surface area contributed by atoms with Crippen molar-refractivity contribution in [3.63, 3.8) is 0 Å². The molecule has 0 bridgehead atoms. The van der Waals surface area contributed by atoms with Crippen LogP contribution in [0.5, 0.6) is 0 Å². The number of aliphatic hydroxyl groups excluding tert-OH is 1. The number of nitrogens with two attached hydrogens (primary N) is 1. The van der Waals surface area contributed by atoms with Crippen LogP contribution < -0.4 is 11.4 Å². The SMILES string of the molecule is CCOP(=O)(CC[C@@]1(CCl)O[C@@H](n2ccc(N)nc2=O)[C@H](F)[C@@H]1O)OCC. The summed E-state index contributed by atoms with van der Waals surface area (Å²) in [5.74, 6) is -0.316. The number of nitrogen functional groups attached to an aromatic ring is 1. The van der Waals surface area contributed by atoms with Gasteiger partial charge in [0.15, 0.2) is 12.4 Å². The first-order valence-electron chi connectivity index (χ1n) is 8.50. The first kappa shape index (κ1) is 22.3. The third kappa shape index (κ3) is 4.70. The quantitative estimate of drug-likeness (QED) is 0.450. The number of rotatable bonds is 9. The van der Waals surface area contributed by atoms with E-state index in [9.17, 15) is 18.9 Å². The summed E-state index contributed by atoms with van der Waals surface area (Å²) in [6.07, 6.45) is -4.05. The molecule has 0 aliphatic carbocycles. The highest BCUT2D eigenvalue weighted by Gasteiger charge is 2.56. The molecule has 1 aliphatic heterocycles. The fraction of sp³-hybridized carbons (Fsp3) is 0.733. The van der Waals surface area contributed by atoms with Crippen molar-refractivity contribution in [3.8, 4) is 0 Å². The van der Waals surface area contributed by atoms with Crippen LogP contribution in [0.2, 0.25) is 0 Å². The van der Waals surface area contributed by atoms with Crippen molar-refractivity contribution in [2.45, 2.75) is 44.4 Å². The van der Waals surface area contributed by atoms with Gasteiger partial charge in [0, 0.05) is 6.20 Å². The third-order valence-electron chi connectivity index (χ3n) is 4.28. The molecule has 0 amide bonds. The van der Waals surface area contributed by atoms with Crippen LogP contribution in [0.3, 0.4) is 0 Å². The topological polar surface area (TPSA) is 126 Å². The molecule has 3 N–H and O–H groups in total. The summed E-state index contributed by atoms with van der Waals surface area (Å²) in [4.78, 5) is 15.5. The molecule has 4 atom stereocenters. The Labute approximate surface area is 161 Å². The average molecular weight is 428 g/mol. The Morgan fingerprint density at radius 1 is 1.48 bits per heavy atom. The maximum absolute atomic E-state index is 14.8. The molecule has 1 fully saturated rings. The van der Waals surface area contributed by atoms with Crippen LogP contribution in [0.4, 0.5) is 10.2 Å². The third-order valence-corrected chi connectivity index (χ3v) is 6.81. The molecule has 154 valence electrons. The van der Waals surface area contributed by atoms with E-state index in [4.69, 9.17) is 31.1 Å². The Morgan fingerprint density at radius 2 is 2.11 bits per heavy atom. The lowest BCUT2D eigenvalue weighted by molar-refractivity contribution is -0.0921. The second-order valence-electron chi connectivity index (χ2n) is 6.06. The Kier molecular flexibility index (Phi) is 7.40. The van der Waals surface area contributed by atoms with Crippen LogP contribution in [0.1, 0.15) is 26.5 Å². The van der Waals surface area contributed by atoms with Crippen LogP contribution >= 0.6 is 19.2 Å². The predicted octanol–water partition coefficient (Wildman–Crippen LogP) is 1.69. The first-order chi connectivity index (χ1) is 12.7. The molecule has 1 saturated heterocycles. The minimum absolute atomic E-state index is 0.0248. The predicted molar refractivity (Wildman–Crippen MR) is 97.7 cm³/mol. The largest absolute Gasteiger partial charge is 0.387 e. The Hall–Kier alpha value is -1.03. The lowest BCUT2D eigenvalue weighted by Crippen LogP contribution is -2.44. The lowest BCUT2D eigenvalue weighted by atomic mass is 9.95. The van der Waals surface area contributed by atoms with E-state index in [-0.39, 0.29) is 37.5 Å². The van der Waals surface area contributed by atoms with E-state index >= 15 is 0 Å². The van der Waals surface area contributed by atoms with Gasteiger partial charge in [-0.15, -0.1) is 11.6 Å². The maximum Gasteiger partial charge on any atom is 0.351 e. The van der Waals surface area contributed by atoms with Crippen molar-refractivity contribution in [2.24, 2.45) is 0 Å². The molecule has 0 saturated carbocycles. The van der Waals surface area contributed by atoms with Crippen molar-refractivity contribution in [1.29, 1.82) is 0 Å². The molecule has 1 aliphatic rings. The molecular weight excluding hydrogens is 404 g/mol. The van der Waals surface area contributed by atoms with E-state index in [1.165, 1.54) is 12.3 Å². The van der Waals surface area contributed by atoms with Gasteiger partial charge in [-0.2, -0.15) is 4.98 Å². The van der Waals surface area contributed by atoms with Gasteiger partial charge in [0.2, 0.25) is 0 Å². The van der Waals surface area contributed by atoms with Gasteiger partial charge in [0.05, 0.1) is 25.3 Å². The van der Waals surface area contributed by atoms with E-state index in [0.29, 0.717) is 0 Å². The molecular formula is C15H24ClFN3O6P. The van der Waals surface area contributed by atoms with E-state index < -0.39 is 37.4 Å². The zero-order valence-electron chi connectivity index (χ0n) is 15.1. The van der Waals surface area contributed by atoms with Crippen molar-refractivity contribution in [1.82, 2.24) is 9.55 Å².